The molecule has 0 aliphatic heterocycles. The van der Waals surface area contributed by atoms with Gasteiger partial charge in [-0.1, -0.05) is 0 Å². The van der Waals surface area contributed by atoms with Crippen LogP contribution in [0.4, 0.5) is 0 Å². The van der Waals surface area contributed by atoms with Gasteiger partial charge in [-0.25, -0.2) is 0 Å². The normalized spacial score (nSPS) is 11.4. The first kappa shape index (κ1) is 19.3. The van der Waals surface area contributed by atoms with E-state index in [2.05, 4.69) is 39.9 Å². The molecule has 2 rings (SSSR count). The number of nitrogens with zero attached hydrogens (tertiary/aromatic N) is 1. The third-order valence-electron chi connectivity index (χ3n) is 3.65. The van der Waals surface area contributed by atoms with Crippen molar-refractivity contribution in [3.63, 3.8) is 0 Å². The molecular weight excluding hydrogens is 334 g/mol. The summed E-state index contributed by atoms with van der Waals surface area (Å²) in [5.41, 5.74) is 1.20. The maximum absolute atomic E-state index is 5.33. The van der Waals surface area contributed by atoms with E-state index in [1.807, 2.05) is 19.1 Å². The number of rotatable bonds is 9. The molecule has 6 heteroatoms. The Morgan fingerprint density at radius 2 is 1.92 bits per heavy atom. The van der Waals surface area contributed by atoms with Crippen molar-refractivity contribution in [2.24, 2.45) is 4.99 Å². The zero-order valence-electron chi connectivity index (χ0n) is 15.2. The van der Waals surface area contributed by atoms with E-state index in [0.29, 0.717) is 0 Å². The van der Waals surface area contributed by atoms with Crippen LogP contribution in [0.2, 0.25) is 0 Å². The molecule has 0 spiro atoms. The zero-order valence-corrected chi connectivity index (χ0v) is 16.0. The fourth-order valence-electron chi connectivity index (χ4n) is 2.30. The smallest absolute Gasteiger partial charge is 0.191 e. The average molecular weight is 362 g/mol. The second-order valence-corrected chi connectivity index (χ2v) is 6.57. The maximum Gasteiger partial charge on any atom is 0.191 e. The summed E-state index contributed by atoms with van der Waals surface area (Å²) in [5.74, 6) is 1.69. The highest BCUT2D eigenvalue weighted by Gasteiger charge is 2.04. The lowest BCUT2D eigenvalue weighted by Crippen LogP contribution is -2.37. The summed E-state index contributed by atoms with van der Waals surface area (Å²) in [6.45, 7) is 5.15. The van der Waals surface area contributed by atoms with Crippen molar-refractivity contribution in [1.29, 1.82) is 0 Å². The van der Waals surface area contributed by atoms with Crippen LogP contribution in [0.25, 0.3) is 10.4 Å². The van der Waals surface area contributed by atoms with Crippen molar-refractivity contribution >= 4 is 17.3 Å². The Morgan fingerprint density at radius 3 is 2.60 bits per heavy atom. The Balaban J connectivity index is 1.81. The van der Waals surface area contributed by atoms with E-state index in [-0.39, 0.29) is 0 Å². The van der Waals surface area contributed by atoms with E-state index in [9.17, 15) is 0 Å². The quantitative estimate of drug-likeness (QED) is 0.408. The number of benzene rings is 1. The van der Waals surface area contributed by atoms with Crippen LogP contribution in [-0.4, -0.2) is 39.9 Å². The highest BCUT2D eigenvalue weighted by Crippen LogP contribution is 2.29. The molecule has 0 bridgehead atoms. The summed E-state index contributed by atoms with van der Waals surface area (Å²) in [4.78, 5) is 6.77. The third-order valence-corrected chi connectivity index (χ3v) is 4.79. The summed E-state index contributed by atoms with van der Waals surface area (Å²) in [6.07, 6.45) is 0.967. The highest BCUT2D eigenvalue weighted by atomic mass is 32.1. The topological polar surface area (TPSA) is 54.9 Å². The predicted molar refractivity (Wildman–Crippen MR) is 106 cm³/mol. The second kappa shape index (κ2) is 10.7. The lowest BCUT2D eigenvalue weighted by Gasteiger charge is -2.11. The number of nitrogens with one attached hydrogen (secondary N) is 2. The van der Waals surface area contributed by atoms with Gasteiger partial charge in [-0.3, -0.25) is 4.99 Å². The molecule has 136 valence electrons. The fraction of sp³-hybridized carbons (Fsp3) is 0.421. The molecule has 2 N–H and O–H groups in total. The van der Waals surface area contributed by atoms with Crippen molar-refractivity contribution in [3.05, 3.63) is 41.3 Å². The van der Waals surface area contributed by atoms with Gasteiger partial charge in [0.25, 0.3) is 0 Å². The molecule has 0 saturated heterocycles. The average Bonchev–Trinajstić information content (AvgIpc) is 3.13. The monoisotopic (exact) mass is 361 g/mol. The number of ether oxygens (including phenoxy) is 2. The molecule has 5 nitrogen and oxygen atoms in total. The summed E-state index contributed by atoms with van der Waals surface area (Å²) in [5, 5.41) is 6.65. The zero-order chi connectivity index (χ0) is 17.9. The van der Waals surface area contributed by atoms with Crippen LogP contribution in [0, 0.1) is 0 Å². The van der Waals surface area contributed by atoms with Crippen LogP contribution >= 0.6 is 11.3 Å². The van der Waals surface area contributed by atoms with Crippen molar-refractivity contribution in [2.75, 3.05) is 33.9 Å². The minimum Gasteiger partial charge on any atom is -0.497 e. The van der Waals surface area contributed by atoms with Gasteiger partial charge in [0.1, 0.15) is 5.75 Å². The summed E-state index contributed by atoms with van der Waals surface area (Å²) < 4.78 is 10.5. The first-order valence-electron chi connectivity index (χ1n) is 8.52. The molecule has 0 radical (unpaired) electrons. The molecule has 0 unspecified atom stereocenters. The van der Waals surface area contributed by atoms with E-state index < -0.39 is 0 Å². The van der Waals surface area contributed by atoms with Crippen LogP contribution < -0.4 is 15.4 Å². The molecule has 2 aromatic rings. The Morgan fingerprint density at radius 1 is 1.12 bits per heavy atom. The molecule has 25 heavy (non-hydrogen) atoms. The standard InChI is InChI=1S/C19H27N3O2S/c1-4-24-13-5-12-21-19(20-2)22-14-17-10-11-18(25-17)15-6-8-16(23-3)9-7-15/h6-11H,4-5,12-14H2,1-3H3,(H2,20,21,22). The number of hydrogen-bond acceptors (Lipinski definition) is 4. The largest absolute Gasteiger partial charge is 0.497 e. The van der Waals surface area contributed by atoms with Crippen LogP contribution in [0.1, 0.15) is 18.2 Å². The molecule has 1 aromatic heterocycles. The van der Waals surface area contributed by atoms with Gasteiger partial charge in [-0.05, 0) is 55.3 Å². The highest BCUT2D eigenvalue weighted by molar-refractivity contribution is 7.15. The summed E-state index contributed by atoms with van der Waals surface area (Å²) >= 11 is 1.78. The molecule has 0 fully saturated rings. The third kappa shape index (κ3) is 6.40. The molecule has 0 amide bonds. The number of thiophene rings is 1. The Hall–Kier alpha value is -2.05. The van der Waals surface area contributed by atoms with E-state index in [1.165, 1.54) is 15.3 Å². The van der Waals surface area contributed by atoms with Crippen molar-refractivity contribution in [1.82, 2.24) is 10.6 Å². The second-order valence-electron chi connectivity index (χ2n) is 5.40. The van der Waals surface area contributed by atoms with Gasteiger partial charge in [0.15, 0.2) is 5.96 Å². The van der Waals surface area contributed by atoms with Gasteiger partial charge in [-0.2, -0.15) is 0 Å². The van der Waals surface area contributed by atoms with Gasteiger partial charge in [-0.15, -0.1) is 11.3 Å². The minimum atomic E-state index is 0.756. The molecular formula is C19H27N3O2S. The van der Waals surface area contributed by atoms with Gasteiger partial charge in [0, 0.05) is 36.6 Å². The van der Waals surface area contributed by atoms with E-state index >= 15 is 0 Å². The minimum absolute atomic E-state index is 0.756. The molecule has 0 saturated carbocycles. The number of methoxy groups -OCH3 is 1. The Kier molecular flexibility index (Phi) is 8.28. The summed E-state index contributed by atoms with van der Waals surface area (Å²) in [6, 6.07) is 12.4. The van der Waals surface area contributed by atoms with Crippen molar-refractivity contribution < 1.29 is 9.47 Å². The van der Waals surface area contributed by atoms with Crippen LogP contribution in [0.3, 0.4) is 0 Å². The molecule has 0 aliphatic rings. The molecule has 0 atom stereocenters. The van der Waals surface area contributed by atoms with Gasteiger partial charge in [0.2, 0.25) is 0 Å². The van der Waals surface area contributed by atoms with Gasteiger partial charge < -0.3 is 20.1 Å². The van der Waals surface area contributed by atoms with E-state index in [4.69, 9.17) is 9.47 Å². The van der Waals surface area contributed by atoms with E-state index in [0.717, 1.165) is 44.4 Å². The van der Waals surface area contributed by atoms with E-state index in [1.54, 1.807) is 25.5 Å². The SMILES string of the molecule is CCOCCCNC(=NC)NCc1ccc(-c2ccc(OC)cc2)s1. The van der Waals surface area contributed by atoms with Gasteiger partial charge in [0.05, 0.1) is 13.7 Å². The lowest BCUT2D eigenvalue weighted by molar-refractivity contribution is 0.145. The Bertz CT molecular complexity index is 653. The molecule has 0 aliphatic carbocycles. The van der Waals surface area contributed by atoms with Crippen molar-refractivity contribution in [3.8, 4) is 16.2 Å². The first-order chi connectivity index (χ1) is 12.3. The lowest BCUT2D eigenvalue weighted by atomic mass is 10.2. The number of guanidine groups is 1. The fourth-order valence-corrected chi connectivity index (χ4v) is 3.25. The maximum atomic E-state index is 5.33. The van der Waals surface area contributed by atoms with Gasteiger partial charge >= 0.3 is 0 Å². The number of aliphatic imine (C=N–C) groups is 1. The first-order valence-corrected chi connectivity index (χ1v) is 9.34. The Labute approximate surface area is 154 Å². The molecule has 1 heterocycles. The van der Waals surface area contributed by atoms with Crippen LogP contribution in [0.15, 0.2) is 41.4 Å². The van der Waals surface area contributed by atoms with Crippen LogP contribution in [-0.2, 0) is 11.3 Å². The summed E-state index contributed by atoms with van der Waals surface area (Å²) in [7, 11) is 3.47. The molecule has 1 aromatic carbocycles. The van der Waals surface area contributed by atoms with Crippen molar-refractivity contribution in [2.45, 2.75) is 19.9 Å². The predicted octanol–water partition coefficient (Wildman–Crippen LogP) is 3.52. The van der Waals surface area contributed by atoms with Crippen LogP contribution in [0.5, 0.6) is 5.75 Å². The number of hydrogen-bond donors (Lipinski definition) is 2.